The molecular weight excluding hydrogens is 266 g/mol. The van der Waals surface area contributed by atoms with Crippen molar-refractivity contribution in [1.29, 1.82) is 0 Å². The summed E-state index contributed by atoms with van der Waals surface area (Å²) in [5, 5.41) is 9.68. The van der Waals surface area contributed by atoms with Crippen LogP contribution >= 0.6 is 0 Å². The van der Waals surface area contributed by atoms with E-state index in [1.54, 1.807) is 0 Å². The van der Waals surface area contributed by atoms with Crippen LogP contribution in [-0.2, 0) is 0 Å². The van der Waals surface area contributed by atoms with Gasteiger partial charge in [-0.1, -0.05) is 0 Å². The number of halogens is 2. The third-order valence-electron chi connectivity index (χ3n) is 2.51. The van der Waals surface area contributed by atoms with Crippen LogP contribution in [0.15, 0.2) is 48.5 Å². The minimum Gasteiger partial charge on any atom is -0.491 e. The van der Waals surface area contributed by atoms with Crippen molar-refractivity contribution in [1.82, 2.24) is 0 Å². The Morgan fingerprint density at radius 2 is 1.10 bits per heavy atom. The summed E-state index contributed by atoms with van der Waals surface area (Å²) in [4.78, 5) is 0. The Morgan fingerprint density at radius 3 is 1.45 bits per heavy atom. The normalized spacial score (nSPS) is 10.6. The predicted octanol–water partition coefficient (Wildman–Crippen LogP) is 2.78. The second-order valence-electron chi connectivity index (χ2n) is 4.18. The van der Waals surface area contributed by atoms with Crippen LogP contribution in [0.5, 0.6) is 11.5 Å². The van der Waals surface area contributed by atoms with Crippen LogP contribution in [0, 0.1) is 11.6 Å². The third kappa shape index (κ3) is 4.51. The summed E-state index contributed by atoms with van der Waals surface area (Å²) in [6, 6.07) is 11.0. The maximum absolute atomic E-state index is 12.7. The zero-order valence-electron chi connectivity index (χ0n) is 10.6. The van der Waals surface area contributed by atoms with E-state index in [0.29, 0.717) is 11.5 Å². The molecule has 2 aromatic carbocycles. The summed E-state index contributed by atoms with van der Waals surface area (Å²) in [7, 11) is 0. The summed E-state index contributed by atoms with van der Waals surface area (Å²) in [5.41, 5.74) is 0. The molecule has 1 N–H and O–H groups in total. The molecule has 0 amide bonds. The largest absolute Gasteiger partial charge is 0.491 e. The highest BCUT2D eigenvalue weighted by atomic mass is 19.1. The van der Waals surface area contributed by atoms with Crippen molar-refractivity contribution < 1.29 is 23.4 Å². The van der Waals surface area contributed by atoms with Crippen molar-refractivity contribution in [2.75, 3.05) is 13.2 Å². The fourth-order valence-electron chi connectivity index (χ4n) is 1.49. The molecule has 5 heteroatoms. The predicted molar refractivity (Wildman–Crippen MR) is 69.8 cm³/mol. The van der Waals surface area contributed by atoms with Gasteiger partial charge in [0, 0.05) is 0 Å². The lowest BCUT2D eigenvalue weighted by atomic mass is 10.3. The highest BCUT2D eigenvalue weighted by molar-refractivity contribution is 5.23. The van der Waals surface area contributed by atoms with Crippen LogP contribution in [0.4, 0.5) is 8.78 Å². The number of hydrogen-bond acceptors (Lipinski definition) is 3. The number of hydrogen-bond donors (Lipinski definition) is 1. The van der Waals surface area contributed by atoms with E-state index >= 15 is 0 Å². The first-order valence-corrected chi connectivity index (χ1v) is 6.08. The van der Waals surface area contributed by atoms with Crippen LogP contribution in [0.3, 0.4) is 0 Å². The van der Waals surface area contributed by atoms with Gasteiger partial charge in [-0.2, -0.15) is 0 Å². The van der Waals surface area contributed by atoms with Gasteiger partial charge in [-0.3, -0.25) is 0 Å². The second kappa shape index (κ2) is 6.86. The maximum atomic E-state index is 12.7. The van der Waals surface area contributed by atoms with Gasteiger partial charge in [0.25, 0.3) is 0 Å². The Balaban J connectivity index is 1.73. The lowest BCUT2D eigenvalue weighted by molar-refractivity contribution is 0.0626. The van der Waals surface area contributed by atoms with E-state index in [-0.39, 0.29) is 24.8 Å². The van der Waals surface area contributed by atoms with Gasteiger partial charge in [0.15, 0.2) is 0 Å². The summed E-state index contributed by atoms with van der Waals surface area (Å²) in [6.45, 7) is 0.0413. The van der Waals surface area contributed by atoms with E-state index in [9.17, 15) is 13.9 Å². The van der Waals surface area contributed by atoms with Gasteiger partial charge in [0.05, 0.1) is 0 Å². The molecule has 2 rings (SSSR count). The lowest BCUT2D eigenvalue weighted by Gasteiger charge is -2.13. The summed E-state index contributed by atoms with van der Waals surface area (Å²) in [6.07, 6.45) is -0.842. The molecule has 0 aliphatic rings. The first-order valence-electron chi connectivity index (χ1n) is 6.08. The molecule has 0 radical (unpaired) electrons. The zero-order valence-corrected chi connectivity index (χ0v) is 10.6. The average Bonchev–Trinajstić information content (AvgIpc) is 2.46. The number of benzene rings is 2. The van der Waals surface area contributed by atoms with Gasteiger partial charge < -0.3 is 14.6 Å². The van der Waals surface area contributed by atoms with Crippen molar-refractivity contribution in [2.24, 2.45) is 0 Å². The van der Waals surface area contributed by atoms with Crippen LogP contribution in [0.1, 0.15) is 0 Å². The Labute approximate surface area is 115 Å². The summed E-state index contributed by atoms with van der Waals surface area (Å²) < 4.78 is 35.9. The fraction of sp³-hybridized carbons (Fsp3) is 0.200. The molecule has 0 aliphatic heterocycles. The van der Waals surface area contributed by atoms with E-state index in [2.05, 4.69) is 0 Å². The standard InChI is InChI=1S/C15H14F2O3/c16-11-1-5-14(6-2-11)19-9-13(18)10-20-15-7-3-12(17)4-8-15/h1-8,13,18H,9-10H2. The average molecular weight is 280 g/mol. The Kier molecular flexibility index (Phi) is 4.90. The van der Waals surface area contributed by atoms with Crippen molar-refractivity contribution in [3.8, 4) is 11.5 Å². The molecule has 0 spiro atoms. The molecule has 0 saturated carbocycles. The summed E-state index contributed by atoms with van der Waals surface area (Å²) >= 11 is 0. The van der Waals surface area contributed by atoms with Gasteiger partial charge >= 0.3 is 0 Å². The molecule has 0 atom stereocenters. The third-order valence-corrected chi connectivity index (χ3v) is 2.51. The minimum atomic E-state index is -0.842. The molecule has 0 aliphatic carbocycles. The first-order chi connectivity index (χ1) is 9.63. The first kappa shape index (κ1) is 14.3. The molecule has 106 valence electrons. The van der Waals surface area contributed by atoms with E-state index in [4.69, 9.17) is 9.47 Å². The Bertz CT molecular complexity index is 476. The molecule has 0 unspecified atom stereocenters. The number of ether oxygens (including phenoxy) is 2. The summed E-state index contributed by atoms with van der Waals surface area (Å²) in [5.74, 6) is 0.231. The molecule has 0 saturated heterocycles. The number of aliphatic hydroxyl groups excluding tert-OH is 1. The topological polar surface area (TPSA) is 38.7 Å². The van der Waals surface area contributed by atoms with E-state index in [0.717, 1.165) is 0 Å². The fourth-order valence-corrected chi connectivity index (χ4v) is 1.49. The molecule has 0 heterocycles. The highest BCUT2D eigenvalue weighted by Gasteiger charge is 2.07. The van der Waals surface area contributed by atoms with Gasteiger partial charge in [0.2, 0.25) is 0 Å². The van der Waals surface area contributed by atoms with Gasteiger partial charge in [-0.15, -0.1) is 0 Å². The van der Waals surface area contributed by atoms with Crippen LogP contribution in [0.25, 0.3) is 0 Å². The Morgan fingerprint density at radius 1 is 0.750 bits per heavy atom. The molecule has 2 aromatic rings. The smallest absolute Gasteiger partial charge is 0.123 e. The number of aliphatic hydroxyl groups is 1. The molecule has 0 bridgehead atoms. The molecule has 3 nitrogen and oxygen atoms in total. The SMILES string of the molecule is OC(COc1ccc(F)cc1)COc1ccc(F)cc1. The van der Waals surface area contributed by atoms with Gasteiger partial charge in [-0.25, -0.2) is 8.78 Å². The molecule has 0 fully saturated rings. The Hall–Kier alpha value is -2.14. The van der Waals surface area contributed by atoms with Crippen molar-refractivity contribution in [2.45, 2.75) is 6.10 Å². The molecule has 20 heavy (non-hydrogen) atoms. The van der Waals surface area contributed by atoms with Crippen molar-refractivity contribution in [3.05, 3.63) is 60.2 Å². The second-order valence-corrected chi connectivity index (χ2v) is 4.18. The van der Waals surface area contributed by atoms with Gasteiger partial charge in [-0.05, 0) is 48.5 Å². The van der Waals surface area contributed by atoms with E-state index in [1.165, 1.54) is 48.5 Å². The van der Waals surface area contributed by atoms with Crippen molar-refractivity contribution >= 4 is 0 Å². The van der Waals surface area contributed by atoms with E-state index < -0.39 is 6.10 Å². The minimum absolute atomic E-state index is 0.0207. The molecular formula is C15H14F2O3. The van der Waals surface area contributed by atoms with Crippen LogP contribution in [-0.4, -0.2) is 24.4 Å². The number of rotatable bonds is 6. The maximum Gasteiger partial charge on any atom is 0.123 e. The monoisotopic (exact) mass is 280 g/mol. The molecule has 0 aromatic heterocycles. The van der Waals surface area contributed by atoms with Crippen LogP contribution in [0.2, 0.25) is 0 Å². The van der Waals surface area contributed by atoms with Crippen molar-refractivity contribution in [3.63, 3.8) is 0 Å². The zero-order chi connectivity index (χ0) is 14.4. The lowest BCUT2D eigenvalue weighted by Crippen LogP contribution is -2.25. The van der Waals surface area contributed by atoms with Crippen LogP contribution < -0.4 is 9.47 Å². The van der Waals surface area contributed by atoms with E-state index in [1.807, 2.05) is 0 Å². The highest BCUT2D eigenvalue weighted by Crippen LogP contribution is 2.13. The quantitative estimate of drug-likeness (QED) is 0.884. The van der Waals surface area contributed by atoms with Gasteiger partial charge in [0.1, 0.15) is 42.5 Å².